The molecule has 0 aliphatic carbocycles. The first kappa shape index (κ1) is 13.5. The lowest BCUT2D eigenvalue weighted by Gasteiger charge is -2.36. The Morgan fingerprint density at radius 2 is 1.67 bits per heavy atom. The number of hydrogen-bond donors (Lipinski definition) is 1. The van der Waals surface area contributed by atoms with Crippen LogP contribution in [-0.2, 0) is 0 Å². The minimum Gasteiger partial charge on any atom is -0.397 e. The van der Waals surface area contributed by atoms with Crippen molar-refractivity contribution in [1.82, 2.24) is 9.97 Å². The van der Waals surface area contributed by atoms with E-state index in [1.807, 2.05) is 11.0 Å². The minimum atomic E-state index is -0.666. The summed E-state index contributed by atoms with van der Waals surface area (Å²) >= 11 is 0. The molecule has 0 bridgehead atoms. The molecule has 0 spiro atoms. The van der Waals surface area contributed by atoms with Crippen molar-refractivity contribution in [2.24, 2.45) is 0 Å². The first-order valence-electron chi connectivity index (χ1n) is 6.66. The zero-order valence-corrected chi connectivity index (χ0v) is 11.3. The summed E-state index contributed by atoms with van der Waals surface area (Å²) in [5.41, 5.74) is 6.23. The molecule has 0 saturated carbocycles. The predicted octanol–water partition coefficient (Wildman–Crippen LogP) is 1.66. The van der Waals surface area contributed by atoms with Gasteiger partial charge in [-0.25, -0.2) is 18.7 Å². The molecule has 1 fully saturated rings. The van der Waals surface area contributed by atoms with E-state index in [1.54, 1.807) is 12.3 Å². The van der Waals surface area contributed by atoms with Crippen LogP contribution in [0.15, 0.2) is 30.6 Å². The summed E-state index contributed by atoms with van der Waals surface area (Å²) in [6.07, 6.45) is 2.65. The second-order valence-electron chi connectivity index (χ2n) is 4.88. The van der Waals surface area contributed by atoms with Crippen molar-refractivity contribution in [3.05, 3.63) is 42.2 Å². The summed E-state index contributed by atoms with van der Waals surface area (Å²) in [6, 6.07) is 4.52. The monoisotopic (exact) mass is 291 g/mol. The van der Waals surface area contributed by atoms with Crippen molar-refractivity contribution in [2.75, 3.05) is 41.7 Å². The van der Waals surface area contributed by atoms with E-state index in [1.165, 1.54) is 0 Å². The summed E-state index contributed by atoms with van der Waals surface area (Å²) in [5.74, 6) is -0.257. The highest BCUT2D eigenvalue weighted by Crippen LogP contribution is 2.20. The molecule has 2 N–H and O–H groups in total. The fraction of sp³-hybridized carbons (Fsp3) is 0.286. The van der Waals surface area contributed by atoms with Crippen molar-refractivity contribution in [2.45, 2.75) is 0 Å². The van der Waals surface area contributed by atoms with Crippen LogP contribution in [0.3, 0.4) is 0 Å². The van der Waals surface area contributed by atoms with E-state index in [2.05, 4.69) is 14.9 Å². The van der Waals surface area contributed by atoms with Crippen molar-refractivity contribution < 1.29 is 8.78 Å². The SMILES string of the molecule is Nc1ccc(N2CCN(c3ncc(F)cc3F)CC2)nc1. The van der Waals surface area contributed by atoms with Crippen LogP contribution in [0.4, 0.5) is 26.1 Å². The molecule has 3 rings (SSSR count). The third-order valence-corrected chi connectivity index (χ3v) is 3.46. The first-order chi connectivity index (χ1) is 10.1. The zero-order valence-electron chi connectivity index (χ0n) is 11.3. The van der Waals surface area contributed by atoms with Crippen LogP contribution in [0.1, 0.15) is 0 Å². The van der Waals surface area contributed by atoms with Gasteiger partial charge in [-0.15, -0.1) is 0 Å². The summed E-state index contributed by atoms with van der Waals surface area (Å²) in [4.78, 5) is 12.0. The van der Waals surface area contributed by atoms with Crippen LogP contribution in [0.5, 0.6) is 0 Å². The maximum atomic E-state index is 13.7. The Balaban J connectivity index is 1.68. The highest BCUT2D eigenvalue weighted by molar-refractivity contribution is 5.48. The largest absolute Gasteiger partial charge is 0.397 e. The van der Waals surface area contributed by atoms with Crippen LogP contribution < -0.4 is 15.5 Å². The fourth-order valence-electron chi connectivity index (χ4n) is 2.37. The molecule has 0 radical (unpaired) electrons. The minimum absolute atomic E-state index is 0.196. The molecule has 1 aliphatic heterocycles. The van der Waals surface area contributed by atoms with Gasteiger partial charge >= 0.3 is 0 Å². The summed E-state index contributed by atoms with van der Waals surface area (Å²) in [5, 5.41) is 0. The lowest BCUT2D eigenvalue weighted by molar-refractivity contribution is 0.557. The van der Waals surface area contributed by atoms with Crippen molar-refractivity contribution in [3.8, 4) is 0 Å². The average molecular weight is 291 g/mol. The number of nitrogen functional groups attached to an aromatic ring is 1. The van der Waals surface area contributed by atoms with E-state index in [-0.39, 0.29) is 5.82 Å². The van der Waals surface area contributed by atoms with Crippen LogP contribution in [0.2, 0.25) is 0 Å². The molecule has 2 aromatic rings. The lowest BCUT2D eigenvalue weighted by atomic mass is 10.3. The summed E-state index contributed by atoms with van der Waals surface area (Å²) in [7, 11) is 0. The van der Waals surface area contributed by atoms with Gasteiger partial charge in [-0.05, 0) is 12.1 Å². The quantitative estimate of drug-likeness (QED) is 0.912. The van der Waals surface area contributed by atoms with Crippen molar-refractivity contribution in [1.29, 1.82) is 0 Å². The van der Waals surface area contributed by atoms with Gasteiger partial charge in [-0.2, -0.15) is 0 Å². The molecule has 2 aromatic heterocycles. The fourth-order valence-corrected chi connectivity index (χ4v) is 2.37. The zero-order chi connectivity index (χ0) is 14.8. The number of hydrogen-bond acceptors (Lipinski definition) is 5. The number of piperazine rings is 1. The number of anilines is 3. The van der Waals surface area contributed by atoms with Gasteiger partial charge in [-0.3, -0.25) is 0 Å². The molecule has 5 nitrogen and oxygen atoms in total. The predicted molar refractivity (Wildman–Crippen MR) is 77.2 cm³/mol. The number of halogens is 2. The Labute approximate surface area is 121 Å². The van der Waals surface area contributed by atoms with Crippen LogP contribution in [0, 0.1) is 11.6 Å². The molecule has 0 amide bonds. The van der Waals surface area contributed by atoms with E-state index in [0.717, 1.165) is 18.1 Å². The standard InChI is InChI=1S/C14H15F2N5/c15-10-7-12(16)14(19-8-10)21-5-3-20(4-6-21)13-2-1-11(17)9-18-13/h1-2,7-9H,3-6,17H2. The second kappa shape index (κ2) is 5.51. The highest BCUT2D eigenvalue weighted by Gasteiger charge is 2.21. The Morgan fingerprint density at radius 1 is 0.952 bits per heavy atom. The third-order valence-electron chi connectivity index (χ3n) is 3.46. The molecular formula is C14H15F2N5. The van der Waals surface area contributed by atoms with Gasteiger partial charge in [0.2, 0.25) is 0 Å². The maximum Gasteiger partial charge on any atom is 0.168 e. The molecule has 1 aliphatic rings. The normalized spacial score (nSPS) is 15.3. The highest BCUT2D eigenvalue weighted by atomic mass is 19.1. The summed E-state index contributed by atoms with van der Waals surface area (Å²) in [6.45, 7) is 2.58. The van der Waals surface area contributed by atoms with Gasteiger partial charge in [0.1, 0.15) is 11.6 Å². The number of nitrogens with zero attached hydrogens (tertiary/aromatic N) is 4. The van der Waals surface area contributed by atoms with Crippen LogP contribution in [-0.4, -0.2) is 36.1 Å². The molecule has 7 heteroatoms. The third kappa shape index (κ3) is 2.86. The Morgan fingerprint density at radius 3 is 2.29 bits per heavy atom. The van der Waals surface area contributed by atoms with Crippen LogP contribution >= 0.6 is 0 Å². The van der Waals surface area contributed by atoms with Gasteiger partial charge in [0.15, 0.2) is 11.6 Å². The van der Waals surface area contributed by atoms with Gasteiger partial charge in [0.05, 0.1) is 18.1 Å². The molecule has 3 heterocycles. The molecule has 110 valence electrons. The second-order valence-corrected chi connectivity index (χ2v) is 4.88. The topological polar surface area (TPSA) is 58.3 Å². The van der Waals surface area contributed by atoms with E-state index >= 15 is 0 Å². The first-order valence-corrected chi connectivity index (χ1v) is 6.66. The average Bonchev–Trinajstić information content (AvgIpc) is 2.48. The number of rotatable bonds is 2. The Hall–Kier alpha value is -2.44. The van der Waals surface area contributed by atoms with E-state index < -0.39 is 11.6 Å². The number of aromatic nitrogens is 2. The molecular weight excluding hydrogens is 276 g/mol. The Kier molecular flexibility index (Phi) is 3.55. The number of pyridine rings is 2. The van der Waals surface area contributed by atoms with Crippen molar-refractivity contribution >= 4 is 17.3 Å². The van der Waals surface area contributed by atoms with E-state index in [0.29, 0.717) is 31.9 Å². The summed E-state index contributed by atoms with van der Waals surface area (Å²) < 4.78 is 26.6. The molecule has 21 heavy (non-hydrogen) atoms. The molecule has 0 atom stereocenters. The van der Waals surface area contributed by atoms with Gasteiger partial charge in [0.25, 0.3) is 0 Å². The van der Waals surface area contributed by atoms with E-state index in [4.69, 9.17) is 5.73 Å². The molecule has 0 aromatic carbocycles. The van der Waals surface area contributed by atoms with Crippen molar-refractivity contribution in [3.63, 3.8) is 0 Å². The molecule has 0 unspecified atom stereocenters. The molecule has 1 saturated heterocycles. The van der Waals surface area contributed by atoms with Crippen LogP contribution in [0.25, 0.3) is 0 Å². The lowest BCUT2D eigenvalue weighted by Crippen LogP contribution is -2.47. The number of nitrogens with two attached hydrogens (primary N) is 1. The smallest absolute Gasteiger partial charge is 0.168 e. The van der Waals surface area contributed by atoms with Gasteiger partial charge in [0, 0.05) is 32.2 Å². The maximum absolute atomic E-state index is 13.7. The van der Waals surface area contributed by atoms with E-state index in [9.17, 15) is 8.78 Å². The van der Waals surface area contributed by atoms with Gasteiger partial charge < -0.3 is 15.5 Å². The van der Waals surface area contributed by atoms with Gasteiger partial charge in [-0.1, -0.05) is 0 Å². The Bertz CT molecular complexity index is 624.